The van der Waals surface area contributed by atoms with Crippen molar-refractivity contribution in [2.45, 2.75) is 13.8 Å². The van der Waals surface area contributed by atoms with E-state index in [2.05, 4.69) is 20.3 Å². The molecule has 6 heteroatoms. The number of anilines is 2. The first-order valence-corrected chi connectivity index (χ1v) is 8.56. The predicted octanol–water partition coefficient (Wildman–Crippen LogP) is 4.47. The normalized spacial score (nSPS) is 10.7. The molecule has 27 heavy (non-hydrogen) atoms. The van der Waals surface area contributed by atoms with Crippen LogP contribution in [0.5, 0.6) is 11.5 Å². The summed E-state index contributed by atoms with van der Waals surface area (Å²) in [6.45, 7) is 3.90. The van der Waals surface area contributed by atoms with Gasteiger partial charge in [-0.15, -0.1) is 0 Å². The molecule has 134 valence electrons. The molecule has 0 fully saturated rings. The van der Waals surface area contributed by atoms with Gasteiger partial charge in [0.25, 0.3) is 0 Å². The van der Waals surface area contributed by atoms with Crippen LogP contribution < -0.4 is 15.7 Å². The van der Waals surface area contributed by atoms with Crippen molar-refractivity contribution in [1.82, 2.24) is 15.0 Å². The van der Waals surface area contributed by atoms with Crippen molar-refractivity contribution < 1.29 is 4.74 Å². The zero-order chi connectivity index (χ0) is 18.8. The Labute approximate surface area is 155 Å². The van der Waals surface area contributed by atoms with E-state index in [1.54, 1.807) is 6.20 Å². The maximum Gasteiger partial charge on any atom is 0.347 e. The summed E-state index contributed by atoms with van der Waals surface area (Å²) in [5.74, 6) is 1.95. The maximum absolute atomic E-state index is 11.8. The molecule has 2 aromatic heterocycles. The van der Waals surface area contributed by atoms with E-state index in [0.717, 1.165) is 33.6 Å². The van der Waals surface area contributed by atoms with Crippen molar-refractivity contribution in [2.24, 2.45) is 0 Å². The van der Waals surface area contributed by atoms with E-state index in [1.165, 1.54) is 0 Å². The SMILES string of the molecule is Cc1ccc(Oc2ccc(Nc3nc(=O)[nH]c4ccccc34)cc2C)cn1. The van der Waals surface area contributed by atoms with Gasteiger partial charge < -0.3 is 15.0 Å². The fraction of sp³-hybridized carbons (Fsp3) is 0.0952. The van der Waals surface area contributed by atoms with Crippen molar-refractivity contribution in [3.05, 3.63) is 82.5 Å². The third kappa shape index (κ3) is 3.64. The molecule has 2 N–H and O–H groups in total. The molecule has 0 amide bonds. The number of ether oxygens (including phenoxy) is 1. The van der Waals surface area contributed by atoms with Gasteiger partial charge >= 0.3 is 5.69 Å². The van der Waals surface area contributed by atoms with E-state index >= 15 is 0 Å². The molecule has 0 saturated heterocycles. The Kier molecular flexibility index (Phi) is 4.30. The minimum absolute atomic E-state index is 0.389. The lowest BCUT2D eigenvalue weighted by atomic mass is 10.2. The average molecular weight is 358 g/mol. The van der Waals surface area contributed by atoms with Crippen LogP contribution in [0, 0.1) is 13.8 Å². The van der Waals surface area contributed by atoms with Crippen LogP contribution in [-0.2, 0) is 0 Å². The van der Waals surface area contributed by atoms with Crippen LogP contribution in [-0.4, -0.2) is 15.0 Å². The Morgan fingerprint density at radius 3 is 2.67 bits per heavy atom. The van der Waals surface area contributed by atoms with Crippen LogP contribution in [0.25, 0.3) is 10.9 Å². The van der Waals surface area contributed by atoms with Gasteiger partial charge in [-0.3, -0.25) is 4.98 Å². The van der Waals surface area contributed by atoms with E-state index < -0.39 is 0 Å². The first-order valence-electron chi connectivity index (χ1n) is 8.56. The fourth-order valence-electron chi connectivity index (χ4n) is 2.82. The Morgan fingerprint density at radius 1 is 1.04 bits per heavy atom. The monoisotopic (exact) mass is 358 g/mol. The highest BCUT2D eigenvalue weighted by Gasteiger charge is 2.08. The second-order valence-electron chi connectivity index (χ2n) is 6.28. The van der Waals surface area contributed by atoms with Gasteiger partial charge in [0.05, 0.1) is 11.7 Å². The second-order valence-corrected chi connectivity index (χ2v) is 6.28. The summed E-state index contributed by atoms with van der Waals surface area (Å²) in [7, 11) is 0. The molecule has 0 saturated carbocycles. The molecule has 2 aromatic carbocycles. The minimum atomic E-state index is -0.389. The van der Waals surface area contributed by atoms with Gasteiger partial charge in [-0.2, -0.15) is 4.98 Å². The highest BCUT2D eigenvalue weighted by Crippen LogP contribution is 2.29. The summed E-state index contributed by atoms with van der Waals surface area (Å²) < 4.78 is 5.90. The summed E-state index contributed by atoms with van der Waals surface area (Å²) in [6, 6.07) is 17.1. The van der Waals surface area contributed by atoms with Crippen molar-refractivity contribution >= 4 is 22.4 Å². The first-order chi connectivity index (χ1) is 13.1. The standard InChI is InChI=1S/C21H18N4O2/c1-13-11-15(8-10-19(13)27-16-9-7-14(2)22-12-16)23-20-17-5-3-4-6-18(17)24-21(26)25-20/h3-12H,1-2H3,(H2,23,24,25,26). The van der Waals surface area contributed by atoms with Crippen molar-refractivity contribution in [3.8, 4) is 11.5 Å². The molecule has 0 aliphatic rings. The number of benzene rings is 2. The van der Waals surface area contributed by atoms with Crippen LogP contribution in [0.1, 0.15) is 11.3 Å². The maximum atomic E-state index is 11.8. The predicted molar refractivity (Wildman–Crippen MR) is 106 cm³/mol. The Bertz CT molecular complexity index is 1170. The highest BCUT2D eigenvalue weighted by molar-refractivity contribution is 5.90. The third-order valence-corrected chi connectivity index (χ3v) is 4.19. The number of hydrogen-bond acceptors (Lipinski definition) is 5. The van der Waals surface area contributed by atoms with Crippen molar-refractivity contribution in [2.75, 3.05) is 5.32 Å². The Balaban J connectivity index is 1.62. The zero-order valence-electron chi connectivity index (χ0n) is 15.0. The average Bonchev–Trinajstić information content (AvgIpc) is 2.65. The molecule has 0 aliphatic heterocycles. The molecule has 0 unspecified atom stereocenters. The number of para-hydroxylation sites is 1. The zero-order valence-corrected chi connectivity index (χ0v) is 15.0. The van der Waals surface area contributed by atoms with E-state index in [1.807, 2.05) is 68.4 Å². The van der Waals surface area contributed by atoms with Gasteiger partial charge in [0.1, 0.15) is 17.3 Å². The van der Waals surface area contributed by atoms with Crippen LogP contribution >= 0.6 is 0 Å². The molecule has 0 spiro atoms. The molecule has 6 nitrogen and oxygen atoms in total. The van der Waals surface area contributed by atoms with E-state index in [4.69, 9.17) is 4.74 Å². The molecule has 2 heterocycles. The number of aromatic amines is 1. The number of H-pyrrole nitrogens is 1. The van der Waals surface area contributed by atoms with E-state index in [-0.39, 0.29) is 5.69 Å². The van der Waals surface area contributed by atoms with Gasteiger partial charge in [0, 0.05) is 16.8 Å². The Hall–Kier alpha value is -3.67. The van der Waals surface area contributed by atoms with Gasteiger partial charge in [-0.1, -0.05) is 12.1 Å². The smallest absolute Gasteiger partial charge is 0.347 e. The largest absolute Gasteiger partial charge is 0.455 e. The van der Waals surface area contributed by atoms with Crippen LogP contribution in [0.2, 0.25) is 0 Å². The summed E-state index contributed by atoms with van der Waals surface area (Å²) in [6.07, 6.45) is 1.70. The van der Waals surface area contributed by atoms with Crippen molar-refractivity contribution in [1.29, 1.82) is 0 Å². The lowest BCUT2D eigenvalue weighted by Gasteiger charge is -2.12. The number of pyridine rings is 1. The number of nitrogens with zero attached hydrogens (tertiary/aromatic N) is 2. The van der Waals surface area contributed by atoms with Crippen LogP contribution in [0.15, 0.2) is 65.6 Å². The van der Waals surface area contributed by atoms with Gasteiger partial charge in [0.2, 0.25) is 0 Å². The molecular weight excluding hydrogens is 340 g/mol. The number of nitrogens with one attached hydrogen (secondary N) is 2. The molecular formula is C21H18N4O2. The molecule has 0 aliphatic carbocycles. The third-order valence-electron chi connectivity index (χ3n) is 4.19. The van der Waals surface area contributed by atoms with E-state index in [9.17, 15) is 4.79 Å². The van der Waals surface area contributed by atoms with Crippen LogP contribution in [0.3, 0.4) is 0 Å². The molecule has 0 radical (unpaired) electrons. The number of fused-ring (bicyclic) bond motifs is 1. The molecule has 0 bridgehead atoms. The molecule has 0 atom stereocenters. The quantitative estimate of drug-likeness (QED) is 0.562. The minimum Gasteiger partial charge on any atom is -0.455 e. The summed E-state index contributed by atoms with van der Waals surface area (Å²) in [5, 5.41) is 4.08. The van der Waals surface area contributed by atoms with Crippen molar-refractivity contribution in [3.63, 3.8) is 0 Å². The topological polar surface area (TPSA) is 79.9 Å². The van der Waals surface area contributed by atoms with E-state index in [0.29, 0.717) is 11.6 Å². The molecule has 4 aromatic rings. The van der Waals surface area contributed by atoms with Crippen LogP contribution in [0.4, 0.5) is 11.5 Å². The number of aryl methyl sites for hydroxylation is 2. The van der Waals surface area contributed by atoms with Gasteiger partial charge in [-0.25, -0.2) is 4.79 Å². The summed E-state index contributed by atoms with van der Waals surface area (Å²) >= 11 is 0. The van der Waals surface area contributed by atoms with Gasteiger partial charge in [-0.05, 0) is 61.9 Å². The molecule has 4 rings (SSSR count). The highest BCUT2D eigenvalue weighted by atomic mass is 16.5. The lowest BCUT2D eigenvalue weighted by Crippen LogP contribution is -2.12. The number of aromatic nitrogens is 3. The second kappa shape index (κ2) is 6.92. The fourth-order valence-corrected chi connectivity index (χ4v) is 2.82. The number of hydrogen-bond donors (Lipinski definition) is 2. The Morgan fingerprint density at radius 2 is 1.89 bits per heavy atom. The first kappa shape index (κ1) is 16.8. The number of rotatable bonds is 4. The van der Waals surface area contributed by atoms with Gasteiger partial charge in [0.15, 0.2) is 0 Å². The summed E-state index contributed by atoms with van der Waals surface area (Å²) in [5.41, 5.74) is 3.07. The summed E-state index contributed by atoms with van der Waals surface area (Å²) in [4.78, 5) is 22.8. The lowest BCUT2D eigenvalue weighted by molar-refractivity contribution is 0.476.